The van der Waals surface area contributed by atoms with Crippen molar-refractivity contribution in [3.05, 3.63) is 0 Å². The van der Waals surface area contributed by atoms with E-state index in [1.54, 1.807) is 0 Å². The first-order valence-corrected chi connectivity index (χ1v) is 30.3. The molecular weight excluding hydrogens is 1000 g/mol. The van der Waals surface area contributed by atoms with E-state index < -0.39 is 16.2 Å². The molecule has 17 aliphatic rings. The van der Waals surface area contributed by atoms with Crippen LogP contribution >= 0.6 is 0 Å². The molecule has 0 aromatic rings. The second-order valence-corrected chi connectivity index (χ2v) is 29.8. The number of esters is 7. The van der Waals surface area contributed by atoms with Gasteiger partial charge in [-0.05, 0) is 156 Å². The Labute approximate surface area is 447 Å². The average molecular weight is 1080 g/mol. The van der Waals surface area contributed by atoms with Gasteiger partial charge in [0.15, 0.2) is 0 Å². The highest BCUT2D eigenvalue weighted by molar-refractivity contribution is 7.87. The van der Waals surface area contributed by atoms with Gasteiger partial charge in [-0.1, -0.05) is 13.8 Å². The maximum absolute atomic E-state index is 11.5. The monoisotopic (exact) mass is 1080 g/mol. The van der Waals surface area contributed by atoms with Gasteiger partial charge in [0.1, 0.15) is 30.5 Å². The van der Waals surface area contributed by atoms with Gasteiger partial charge in [0.05, 0.1) is 36.9 Å². The van der Waals surface area contributed by atoms with Gasteiger partial charge in [0.25, 0.3) is 10.1 Å². The number of hydrogen-bond acceptors (Lipinski definition) is 17. The van der Waals surface area contributed by atoms with Gasteiger partial charge >= 0.3 is 41.8 Å². The number of carbonyl (C=O) groups excluding carboxylic acids is 7. The van der Waals surface area contributed by atoms with Gasteiger partial charge < -0.3 is 33.2 Å². The predicted octanol–water partition coefficient (Wildman–Crippen LogP) is 7.61. The Morgan fingerprint density at radius 2 is 1.01 bits per heavy atom. The standard InChI is InChI=1S/2C14H22O2.C11H14O4.C10H12O4.C9H12O5S/c2*1-10(15)16-9-14-6-11-3-12(7-14)5-13(2,4-11)8-14;1-5(12)15-9-3-6-2-7(9)10-8(6)4-14-11(10)13;1-4(11)13-8-5-2-6-7(3-5)10(12)14-9(6)8;1-4(10)13-8-5-2-6-7(3-5)15(11,12)14-9(6)8/h2*11-12H,3-9H2,1-2H3;6-10H,2-4H2,1H3;5-9H,2-3H2,1H3;5-9H,2-3H2,1H3. The first kappa shape index (κ1) is 54.2. The van der Waals surface area contributed by atoms with E-state index in [9.17, 15) is 42.0 Å². The van der Waals surface area contributed by atoms with E-state index in [0.29, 0.717) is 71.6 Å². The van der Waals surface area contributed by atoms with Crippen molar-refractivity contribution in [2.75, 3.05) is 19.8 Å². The van der Waals surface area contributed by atoms with Crippen LogP contribution in [0.4, 0.5) is 0 Å². The molecule has 3 heterocycles. The molecule has 17 fully saturated rings. The number of fused-ring (bicyclic) bond motifs is 7. The van der Waals surface area contributed by atoms with Crippen molar-refractivity contribution in [2.24, 2.45) is 98.6 Å². The lowest BCUT2D eigenvalue weighted by molar-refractivity contribution is -0.160. The van der Waals surface area contributed by atoms with Crippen LogP contribution in [0.3, 0.4) is 0 Å². The fraction of sp³-hybridized carbons (Fsp3) is 0.879. The first-order valence-electron chi connectivity index (χ1n) is 28.9. The van der Waals surface area contributed by atoms with Crippen molar-refractivity contribution < 1.29 is 79.3 Å². The van der Waals surface area contributed by atoms with Crippen LogP contribution in [0.15, 0.2) is 0 Å². The van der Waals surface area contributed by atoms with E-state index in [-0.39, 0.29) is 101 Å². The molecule has 19 unspecified atom stereocenters. The van der Waals surface area contributed by atoms with Crippen molar-refractivity contribution in [3.63, 3.8) is 0 Å². The number of hydrogen-bond donors (Lipinski definition) is 0. The molecule has 3 saturated heterocycles. The van der Waals surface area contributed by atoms with Crippen LogP contribution in [0, 0.1) is 98.6 Å². The zero-order valence-corrected chi connectivity index (χ0v) is 46.5. The fourth-order valence-electron chi connectivity index (χ4n) is 20.8. The third-order valence-corrected chi connectivity index (χ3v) is 23.4. The molecule has 0 aromatic carbocycles. The Balaban J connectivity index is 0.000000101. The number of carbonyl (C=O) groups is 7. The highest BCUT2D eigenvalue weighted by Crippen LogP contribution is 2.67. The number of rotatable bonds is 7. The van der Waals surface area contributed by atoms with E-state index >= 15 is 0 Å². The summed E-state index contributed by atoms with van der Waals surface area (Å²) >= 11 is 0. The first-order chi connectivity index (χ1) is 35.8. The van der Waals surface area contributed by atoms with Crippen LogP contribution < -0.4 is 0 Å². The Morgan fingerprint density at radius 3 is 1.51 bits per heavy atom. The van der Waals surface area contributed by atoms with Crippen molar-refractivity contribution in [1.29, 1.82) is 0 Å². The highest BCUT2D eigenvalue weighted by atomic mass is 32.2. The molecule has 3 aliphatic heterocycles. The minimum Gasteiger partial charge on any atom is -0.465 e. The van der Waals surface area contributed by atoms with Crippen LogP contribution in [0.25, 0.3) is 0 Å². The minimum absolute atomic E-state index is 0.00750. The maximum Gasteiger partial charge on any atom is 0.309 e. The quantitative estimate of drug-likeness (QED) is 0.136. The number of ether oxygens (including phenoxy) is 7. The summed E-state index contributed by atoms with van der Waals surface area (Å²) in [5.74, 6) is 4.54. The van der Waals surface area contributed by atoms with E-state index in [1.165, 1.54) is 112 Å². The molecule has 422 valence electrons. The summed E-state index contributed by atoms with van der Waals surface area (Å²) in [5, 5.41) is -0.348. The molecule has 0 spiro atoms. The molecule has 17 rings (SSSR count). The van der Waals surface area contributed by atoms with Crippen molar-refractivity contribution in [2.45, 2.75) is 200 Å². The third-order valence-electron chi connectivity index (χ3n) is 21.7. The predicted molar refractivity (Wildman–Crippen MR) is 268 cm³/mol. The van der Waals surface area contributed by atoms with Crippen molar-refractivity contribution in [3.8, 4) is 0 Å². The van der Waals surface area contributed by atoms with Gasteiger partial charge in [-0.3, -0.25) is 37.7 Å². The molecule has 0 N–H and O–H groups in total. The summed E-state index contributed by atoms with van der Waals surface area (Å²) in [7, 11) is -3.39. The molecular formula is C58H82O17S. The second kappa shape index (κ2) is 19.8. The second-order valence-electron chi connectivity index (χ2n) is 28.0. The summed E-state index contributed by atoms with van der Waals surface area (Å²) in [4.78, 5) is 77.5. The fourth-order valence-corrected chi connectivity index (χ4v) is 22.7. The van der Waals surface area contributed by atoms with Gasteiger partial charge in [0.2, 0.25) is 0 Å². The Morgan fingerprint density at radius 1 is 0.526 bits per heavy atom. The molecule has 0 aromatic heterocycles. The van der Waals surface area contributed by atoms with Crippen LogP contribution in [-0.4, -0.2) is 106 Å². The summed E-state index contributed by atoms with van der Waals surface area (Å²) in [5.41, 5.74) is 1.82. The third kappa shape index (κ3) is 10.4. The van der Waals surface area contributed by atoms with E-state index in [1.807, 2.05) is 0 Å². The zero-order chi connectivity index (χ0) is 54.0. The highest BCUT2D eigenvalue weighted by Gasteiger charge is 2.66. The summed E-state index contributed by atoms with van der Waals surface area (Å²) in [6, 6.07) is 0. The number of cyclic esters (lactones) is 1. The SMILES string of the molecule is CC(=O)OC1C2CC3C(=O)OC1C3C2.CC(=O)OC1C2CC3C1OS(=O)(=O)C3C2.CC(=O)OC1CC2CC1C1C(=O)OCC21.CC(=O)OCC12CC3CC(CC(C)(C3)C1)C2.CC(=O)OCC12CC3CC(CC(C)(C3)C1)C2. The molecule has 18 heteroatoms. The normalized spacial score (nSPS) is 48.6. The topological polar surface area (TPSA) is 227 Å². The van der Waals surface area contributed by atoms with E-state index in [2.05, 4.69) is 13.8 Å². The molecule has 0 amide bonds. The molecule has 0 radical (unpaired) electrons. The van der Waals surface area contributed by atoms with Gasteiger partial charge in [-0.15, -0.1) is 0 Å². The minimum atomic E-state index is -3.39. The van der Waals surface area contributed by atoms with Gasteiger partial charge in [0, 0.05) is 81.0 Å². The lowest BCUT2D eigenvalue weighted by atomic mass is 9.45. The molecule has 14 saturated carbocycles. The van der Waals surface area contributed by atoms with Gasteiger partial charge in [-0.2, -0.15) is 8.42 Å². The van der Waals surface area contributed by atoms with Crippen LogP contribution in [0.5, 0.6) is 0 Å². The largest absolute Gasteiger partial charge is 0.465 e. The molecule has 17 nitrogen and oxygen atoms in total. The zero-order valence-electron chi connectivity index (χ0n) is 45.7. The lowest BCUT2D eigenvalue weighted by Gasteiger charge is -2.61. The summed E-state index contributed by atoms with van der Waals surface area (Å²) < 4.78 is 64.7. The molecule has 76 heavy (non-hydrogen) atoms. The smallest absolute Gasteiger partial charge is 0.309 e. The molecule has 19 atom stereocenters. The molecule has 14 aliphatic carbocycles. The van der Waals surface area contributed by atoms with Crippen LogP contribution in [-0.2, 0) is 81.0 Å². The lowest BCUT2D eigenvalue weighted by Crippen LogP contribution is -2.52. The molecule has 14 bridgehead atoms. The van der Waals surface area contributed by atoms with Crippen molar-refractivity contribution >= 4 is 51.9 Å². The van der Waals surface area contributed by atoms with Gasteiger partial charge in [-0.25, -0.2) is 0 Å². The maximum atomic E-state index is 11.5. The summed E-state index contributed by atoms with van der Waals surface area (Å²) in [6.07, 6.45) is 20.5. The van der Waals surface area contributed by atoms with Crippen LogP contribution in [0.1, 0.15) is 164 Å². The van der Waals surface area contributed by atoms with Crippen molar-refractivity contribution in [1.82, 2.24) is 0 Å². The summed E-state index contributed by atoms with van der Waals surface area (Å²) in [6.45, 7) is 14.1. The Bertz CT molecular complexity index is 2380. The Kier molecular flexibility index (Phi) is 14.1. The average Bonchev–Trinajstić information content (AvgIpc) is 4.18. The van der Waals surface area contributed by atoms with E-state index in [4.69, 9.17) is 37.3 Å². The Hall–Kier alpha value is -3.80. The van der Waals surface area contributed by atoms with Crippen LogP contribution in [0.2, 0.25) is 0 Å². The van der Waals surface area contributed by atoms with E-state index in [0.717, 1.165) is 55.8 Å².